The molecule has 7 nitrogen and oxygen atoms in total. The lowest BCUT2D eigenvalue weighted by atomic mass is 10.1. The van der Waals surface area contributed by atoms with Crippen molar-refractivity contribution in [2.45, 2.75) is 13.1 Å². The molecule has 3 aromatic heterocycles. The van der Waals surface area contributed by atoms with Gasteiger partial charge in [-0.15, -0.1) is 0 Å². The first-order valence-corrected chi connectivity index (χ1v) is 7.80. The highest BCUT2D eigenvalue weighted by molar-refractivity contribution is 5.54. The number of imidazole rings is 1. The third kappa shape index (κ3) is 3.02. The Morgan fingerprint density at radius 1 is 1.12 bits per heavy atom. The molecular formula is C17H17N7. The smallest absolute Gasteiger partial charge is 0.137 e. The topological polar surface area (TPSA) is 74.5 Å². The largest absolute Gasteiger partial charge is 0.330 e. The Morgan fingerprint density at radius 3 is 2.92 bits per heavy atom. The van der Waals surface area contributed by atoms with Crippen molar-refractivity contribution in [2.24, 2.45) is 0 Å². The minimum absolute atomic E-state index is 0.565. The summed E-state index contributed by atoms with van der Waals surface area (Å²) < 4.78 is 2.05. The molecule has 1 N–H and O–H groups in total. The number of rotatable bonds is 5. The van der Waals surface area contributed by atoms with Gasteiger partial charge >= 0.3 is 0 Å². The van der Waals surface area contributed by atoms with Gasteiger partial charge in [-0.3, -0.25) is 10.3 Å². The minimum Gasteiger partial charge on any atom is -0.330 e. The second-order valence-corrected chi connectivity index (χ2v) is 5.91. The Morgan fingerprint density at radius 2 is 2.08 bits per heavy atom. The first-order chi connectivity index (χ1) is 11.8. The zero-order chi connectivity index (χ0) is 16.4. The molecule has 1 unspecified atom stereocenters. The van der Waals surface area contributed by atoms with E-state index in [0.29, 0.717) is 5.82 Å². The highest BCUT2D eigenvalue weighted by atomic mass is 15.5. The molecule has 0 aliphatic rings. The quantitative estimate of drug-likeness (QED) is 0.575. The number of benzene rings is 1. The summed E-state index contributed by atoms with van der Waals surface area (Å²) in [5, 5.41) is 14.9. The summed E-state index contributed by atoms with van der Waals surface area (Å²) in [5.41, 5.74) is 4.23. The number of quaternary nitrogens is 1. The number of hydrogen-bond acceptors (Lipinski definition) is 4. The Labute approximate surface area is 139 Å². The van der Waals surface area contributed by atoms with Crippen LogP contribution in [0.15, 0.2) is 54.9 Å². The van der Waals surface area contributed by atoms with Gasteiger partial charge in [0.2, 0.25) is 0 Å². The number of pyridine rings is 1. The van der Waals surface area contributed by atoms with E-state index in [9.17, 15) is 0 Å². The molecular weight excluding hydrogens is 302 g/mol. The lowest BCUT2D eigenvalue weighted by Gasteiger charge is -2.13. The highest BCUT2D eigenvalue weighted by Crippen LogP contribution is 2.14. The molecule has 0 aliphatic carbocycles. The molecule has 1 atom stereocenters. The molecule has 0 saturated carbocycles. The van der Waals surface area contributed by atoms with E-state index in [1.807, 2.05) is 36.5 Å². The van der Waals surface area contributed by atoms with Gasteiger partial charge in [-0.1, -0.05) is 24.3 Å². The van der Waals surface area contributed by atoms with E-state index in [2.05, 4.69) is 55.4 Å². The van der Waals surface area contributed by atoms with Crippen LogP contribution in [0, 0.1) is 0 Å². The Balaban J connectivity index is 1.47. The molecule has 0 fully saturated rings. The van der Waals surface area contributed by atoms with E-state index in [1.54, 1.807) is 0 Å². The van der Waals surface area contributed by atoms with Gasteiger partial charge in [0.25, 0.3) is 0 Å². The van der Waals surface area contributed by atoms with Gasteiger partial charge in [0.15, 0.2) is 0 Å². The van der Waals surface area contributed by atoms with Gasteiger partial charge in [-0.05, 0) is 23.8 Å². The SMILES string of the molecule is C[NH+](Cc1cccc(-c2nnn[n-]2)c1)Cc1cn2ccccc2n1. The van der Waals surface area contributed by atoms with E-state index in [4.69, 9.17) is 0 Å². The molecule has 4 aromatic rings. The third-order valence-corrected chi connectivity index (χ3v) is 3.91. The predicted octanol–water partition coefficient (Wildman–Crippen LogP) is 0.358. The van der Waals surface area contributed by atoms with Gasteiger partial charge in [-0.25, -0.2) is 4.98 Å². The molecule has 1 aromatic carbocycles. The van der Waals surface area contributed by atoms with E-state index in [1.165, 1.54) is 10.5 Å². The van der Waals surface area contributed by atoms with E-state index in [-0.39, 0.29) is 0 Å². The van der Waals surface area contributed by atoms with Gasteiger partial charge in [0.05, 0.1) is 7.05 Å². The molecule has 0 spiro atoms. The van der Waals surface area contributed by atoms with Crippen LogP contribution in [0.1, 0.15) is 11.3 Å². The van der Waals surface area contributed by atoms with Crippen LogP contribution in [0.3, 0.4) is 0 Å². The average Bonchev–Trinajstić information content (AvgIpc) is 3.24. The maximum Gasteiger partial charge on any atom is 0.137 e. The van der Waals surface area contributed by atoms with Crippen molar-refractivity contribution in [3.63, 3.8) is 0 Å². The standard InChI is InChI=1S/C17H16N7/c1-23(11-15-12-24-8-3-2-7-16(24)18-15)10-13-5-4-6-14(9-13)17-19-21-22-20-17/h2-9,12H,10-11H2,1H3/q-1/p+1. The second kappa shape index (κ2) is 6.21. The van der Waals surface area contributed by atoms with E-state index >= 15 is 0 Å². The fourth-order valence-corrected chi connectivity index (χ4v) is 2.87. The third-order valence-electron chi connectivity index (χ3n) is 3.91. The predicted molar refractivity (Wildman–Crippen MR) is 88.1 cm³/mol. The van der Waals surface area contributed by atoms with Gasteiger partial charge in [0, 0.05) is 23.8 Å². The van der Waals surface area contributed by atoms with Crippen LogP contribution in [0.2, 0.25) is 0 Å². The van der Waals surface area contributed by atoms with Crippen LogP contribution in [0.5, 0.6) is 0 Å². The fraction of sp³-hybridized carbons (Fsp3) is 0.176. The van der Waals surface area contributed by atoms with Crippen LogP contribution in [-0.2, 0) is 13.1 Å². The molecule has 0 radical (unpaired) electrons. The summed E-state index contributed by atoms with van der Waals surface area (Å²) in [5.74, 6) is 0.565. The van der Waals surface area contributed by atoms with Crippen LogP contribution < -0.4 is 10.00 Å². The van der Waals surface area contributed by atoms with Crippen LogP contribution in [0.25, 0.3) is 17.0 Å². The first-order valence-electron chi connectivity index (χ1n) is 7.80. The zero-order valence-corrected chi connectivity index (χ0v) is 13.3. The molecule has 0 saturated heterocycles. The highest BCUT2D eigenvalue weighted by Gasteiger charge is 2.09. The van der Waals surface area contributed by atoms with Crippen LogP contribution in [-0.4, -0.2) is 32.0 Å². The number of nitrogens with one attached hydrogen (secondary N) is 1. The number of tetrazole rings is 1. The van der Waals surface area contributed by atoms with Crippen molar-refractivity contribution >= 4 is 5.65 Å². The lowest BCUT2D eigenvalue weighted by Crippen LogP contribution is -3.06. The van der Waals surface area contributed by atoms with Gasteiger partial charge in [-0.2, -0.15) is 5.21 Å². The van der Waals surface area contributed by atoms with Crippen molar-refractivity contribution in [3.8, 4) is 11.4 Å². The van der Waals surface area contributed by atoms with Crippen molar-refractivity contribution in [3.05, 3.63) is 66.1 Å². The summed E-state index contributed by atoms with van der Waals surface area (Å²) in [6, 6.07) is 14.2. The molecule has 3 heterocycles. The van der Waals surface area contributed by atoms with Crippen molar-refractivity contribution in [2.75, 3.05) is 7.05 Å². The van der Waals surface area contributed by atoms with Crippen molar-refractivity contribution < 1.29 is 4.90 Å². The molecule has 120 valence electrons. The summed E-state index contributed by atoms with van der Waals surface area (Å²) in [4.78, 5) is 6.01. The minimum atomic E-state index is 0.565. The number of hydrogen-bond donors (Lipinski definition) is 1. The fourth-order valence-electron chi connectivity index (χ4n) is 2.87. The molecule has 0 amide bonds. The summed E-state index contributed by atoms with van der Waals surface area (Å²) in [7, 11) is 2.17. The maximum atomic E-state index is 4.66. The first kappa shape index (κ1) is 14.5. The van der Waals surface area contributed by atoms with Crippen molar-refractivity contribution in [1.82, 2.24) is 30.0 Å². The average molecular weight is 319 g/mol. The number of fused-ring (bicyclic) bond motifs is 1. The molecule has 4 rings (SSSR count). The summed E-state index contributed by atoms with van der Waals surface area (Å²) >= 11 is 0. The molecule has 24 heavy (non-hydrogen) atoms. The molecule has 0 bridgehead atoms. The lowest BCUT2D eigenvalue weighted by molar-refractivity contribution is -0.908. The molecule has 0 aliphatic heterocycles. The van der Waals surface area contributed by atoms with Gasteiger partial charge in [0.1, 0.15) is 24.4 Å². The maximum absolute atomic E-state index is 4.66. The van der Waals surface area contributed by atoms with E-state index < -0.39 is 0 Å². The Hall–Kier alpha value is -3.06. The monoisotopic (exact) mass is 319 g/mol. The Bertz CT molecular complexity index is 909. The van der Waals surface area contributed by atoms with Crippen molar-refractivity contribution in [1.29, 1.82) is 0 Å². The van der Waals surface area contributed by atoms with E-state index in [0.717, 1.165) is 30.0 Å². The summed E-state index contributed by atoms with van der Waals surface area (Å²) in [6.45, 7) is 1.76. The number of nitrogens with zero attached hydrogens (tertiary/aromatic N) is 6. The zero-order valence-electron chi connectivity index (χ0n) is 13.3. The van der Waals surface area contributed by atoms with Crippen LogP contribution in [0.4, 0.5) is 0 Å². The number of aromatic nitrogens is 6. The second-order valence-electron chi connectivity index (χ2n) is 5.91. The van der Waals surface area contributed by atoms with Crippen LogP contribution >= 0.6 is 0 Å². The molecule has 7 heteroatoms. The Kier molecular flexibility index (Phi) is 3.76. The van der Waals surface area contributed by atoms with Gasteiger partial charge < -0.3 is 14.4 Å². The normalized spacial score (nSPS) is 12.5. The summed E-state index contributed by atoms with van der Waals surface area (Å²) in [6.07, 6.45) is 4.11.